The summed E-state index contributed by atoms with van der Waals surface area (Å²) in [7, 11) is 1.90. The minimum absolute atomic E-state index is 0.230. The number of morpholine rings is 1. The molecule has 2 fully saturated rings. The van der Waals surface area contributed by atoms with Crippen molar-refractivity contribution in [2.24, 2.45) is 7.05 Å². The normalized spacial score (nSPS) is 25.3. The van der Waals surface area contributed by atoms with Crippen LogP contribution in [-0.2, 0) is 27.6 Å². The molecule has 1 unspecified atom stereocenters. The number of piperidine rings is 1. The number of hydrogen-bond donors (Lipinski definition) is 1. The molecular formula is C21H28N4O2. The molecule has 27 heavy (non-hydrogen) atoms. The monoisotopic (exact) mass is 368 g/mol. The number of carbonyl (C=O) groups excluding carboxylic acids is 1. The second-order valence-electron chi connectivity index (χ2n) is 7.91. The molecule has 0 saturated carbocycles. The third-order valence-corrected chi connectivity index (χ3v) is 6.07. The summed E-state index contributed by atoms with van der Waals surface area (Å²) in [6, 6.07) is 10.3. The van der Waals surface area contributed by atoms with Crippen LogP contribution in [0, 0.1) is 0 Å². The van der Waals surface area contributed by atoms with E-state index in [4.69, 9.17) is 4.74 Å². The fourth-order valence-electron chi connectivity index (χ4n) is 4.45. The van der Waals surface area contributed by atoms with Gasteiger partial charge in [-0.2, -0.15) is 5.10 Å². The van der Waals surface area contributed by atoms with E-state index in [2.05, 4.69) is 29.5 Å². The number of rotatable bonds is 3. The van der Waals surface area contributed by atoms with E-state index in [1.807, 2.05) is 42.5 Å². The second kappa shape index (κ2) is 7.09. The lowest BCUT2D eigenvalue weighted by molar-refractivity contribution is -0.156. The SMILES string of the molecule is Cn1cc(C2(C)CN(C(=O)C3(c4ccccc4)CCNCC3)CCO2)cn1. The van der Waals surface area contributed by atoms with Crippen LogP contribution in [0.4, 0.5) is 0 Å². The van der Waals surface area contributed by atoms with Crippen LogP contribution >= 0.6 is 0 Å². The highest BCUT2D eigenvalue weighted by atomic mass is 16.5. The lowest BCUT2D eigenvalue weighted by Gasteiger charge is -2.45. The lowest BCUT2D eigenvalue weighted by atomic mass is 9.71. The molecule has 2 aliphatic rings. The second-order valence-corrected chi connectivity index (χ2v) is 7.91. The van der Waals surface area contributed by atoms with E-state index in [0.717, 1.165) is 37.1 Å². The molecule has 0 bridgehead atoms. The first-order valence-corrected chi connectivity index (χ1v) is 9.72. The number of benzene rings is 1. The number of nitrogens with one attached hydrogen (secondary N) is 1. The van der Waals surface area contributed by atoms with Crippen LogP contribution in [0.25, 0.3) is 0 Å². The molecule has 1 aromatic carbocycles. The number of amides is 1. The van der Waals surface area contributed by atoms with Crippen LogP contribution in [0.2, 0.25) is 0 Å². The predicted molar refractivity (Wildman–Crippen MR) is 103 cm³/mol. The Morgan fingerprint density at radius 1 is 1.19 bits per heavy atom. The molecule has 2 aliphatic heterocycles. The van der Waals surface area contributed by atoms with Gasteiger partial charge in [0.2, 0.25) is 5.91 Å². The van der Waals surface area contributed by atoms with Crippen molar-refractivity contribution >= 4 is 5.91 Å². The number of aryl methyl sites for hydroxylation is 1. The van der Waals surface area contributed by atoms with Crippen molar-refractivity contribution in [1.29, 1.82) is 0 Å². The van der Waals surface area contributed by atoms with Gasteiger partial charge in [-0.15, -0.1) is 0 Å². The van der Waals surface area contributed by atoms with Gasteiger partial charge in [0.05, 0.1) is 24.8 Å². The molecule has 1 atom stereocenters. The Morgan fingerprint density at radius 3 is 2.59 bits per heavy atom. The molecule has 0 aliphatic carbocycles. The van der Waals surface area contributed by atoms with Gasteiger partial charge in [0.25, 0.3) is 0 Å². The number of hydrogen-bond acceptors (Lipinski definition) is 4. The summed E-state index contributed by atoms with van der Waals surface area (Å²) < 4.78 is 7.89. The van der Waals surface area contributed by atoms with E-state index >= 15 is 0 Å². The van der Waals surface area contributed by atoms with Crippen molar-refractivity contribution in [3.05, 3.63) is 53.9 Å². The number of aromatic nitrogens is 2. The average Bonchev–Trinajstić information content (AvgIpc) is 3.16. The highest BCUT2D eigenvalue weighted by Gasteiger charge is 2.46. The third-order valence-electron chi connectivity index (χ3n) is 6.07. The standard InChI is InChI=1S/C21H28N4O2/c1-20(18-14-23-24(2)15-18)16-25(12-13-27-20)19(26)21(8-10-22-11-9-21)17-6-4-3-5-7-17/h3-7,14-15,22H,8-13,16H2,1-2H3. The van der Waals surface area contributed by atoms with Gasteiger partial charge in [0.1, 0.15) is 5.60 Å². The maximum Gasteiger partial charge on any atom is 0.233 e. The summed E-state index contributed by atoms with van der Waals surface area (Å²) in [6.45, 7) is 5.52. The summed E-state index contributed by atoms with van der Waals surface area (Å²) in [5, 5.41) is 7.69. The molecule has 4 rings (SSSR count). The van der Waals surface area contributed by atoms with Gasteiger partial charge in [0, 0.05) is 25.4 Å². The third kappa shape index (κ3) is 3.28. The highest BCUT2D eigenvalue weighted by Crippen LogP contribution is 2.38. The van der Waals surface area contributed by atoms with E-state index in [1.54, 1.807) is 4.68 Å². The van der Waals surface area contributed by atoms with Crippen molar-refractivity contribution in [3.63, 3.8) is 0 Å². The van der Waals surface area contributed by atoms with E-state index in [0.29, 0.717) is 19.7 Å². The van der Waals surface area contributed by atoms with Crippen LogP contribution in [0.1, 0.15) is 30.9 Å². The summed E-state index contributed by atoms with van der Waals surface area (Å²) in [5.41, 5.74) is 1.18. The minimum atomic E-state index is -0.521. The molecule has 144 valence electrons. The van der Waals surface area contributed by atoms with Crippen molar-refractivity contribution in [2.45, 2.75) is 30.8 Å². The Bertz CT molecular complexity index is 798. The Labute approximate surface area is 160 Å². The molecule has 6 nitrogen and oxygen atoms in total. The van der Waals surface area contributed by atoms with Crippen LogP contribution in [0.15, 0.2) is 42.7 Å². The first-order valence-electron chi connectivity index (χ1n) is 9.72. The largest absolute Gasteiger partial charge is 0.367 e. The number of nitrogens with zero attached hydrogens (tertiary/aromatic N) is 3. The van der Waals surface area contributed by atoms with Gasteiger partial charge in [-0.3, -0.25) is 9.48 Å². The zero-order chi connectivity index (χ0) is 18.9. The van der Waals surface area contributed by atoms with E-state index in [-0.39, 0.29) is 5.91 Å². The molecule has 1 N–H and O–H groups in total. The molecule has 1 aromatic heterocycles. The fourth-order valence-corrected chi connectivity index (χ4v) is 4.45. The van der Waals surface area contributed by atoms with Crippen LogP contribution in [0.5, 0.6) is 0 Å². The summed E-state index contributed by atoms with van der Waals surface area (Å²) in [5.74, 6) is 0.230. The minimum Gasteiger partial charge on any atom is -0.367 e. The fraction of sp³-hybridized carbons (Fsp3) is 0.524. The van der Waals surface area contributed by atoms with E-state index in [9.17, 15) is 4.79 Å². The maximum atomic E-state index is 13.8. The van der Waals surface area contributed by atoms with Crippen LogP contribution < -0.4 is 5.32 Å². The Balaban J connectivity index is 1.63. The van der Waals surface area contributed by atoms with Crippen molar-refractivity contribution < 1.29 is 9.53 Å². The molecule has 6 heteroatoms. The van der Waals surface area contributed by atoms with Crippen molar-refractivity contribution in [1.82, 2.24) is 20.0 Å². The molecule has 2 saturated heterocycles. The van der Waals surface area contributed by atoms with E-state index < -0.39 is 11.0 Å². The first-order chi connectivity index (χ1) is 13.0. The van der Waals surface area contributed by atoms with Gasteiger partial charge in [0.15, 0.2) is 0 Å². The van der Waals surface area contributed by atoms with Crippen LogP contribution in [0.3, 0.4) is 0 Å². The van der Waals surface area contributed by atoms with Crippen molar-refractivity contribution in [3.8, 4) is 0 Å². The molecule has 0 radical (unpaired) electrons. The van der Waals surface area contributed by atoms with E-state index in [1.165, 1.54) is 0 Å². The average molecular weight is 368 g/mol. The zero-order valence-electron chi connectivity index (χ0n) is 16.1. The smallest absolute Gasteiger partial charge is 0.233 e. The molecular weight excluding hydrogens is 340 g/mol. The van der Waals surface area contributed by atoms with Crippen LogP contribution in [-0.4, -0.2) is 53.4 Å². The summed E-state index contributed by atoms with van der Waals surface area (Å²) in [4.78, 5) is 15.8. The van der Waals surface area contributed by atoms with Gasteiger partial charge in [-0.1, -0.05) is 30.3 Å². The Hall–Kier alpha value is -2.18. The Morgan fingerprint density at radius 2 is 1.93 bits per heavy atom. The zero-order valence-corrected chi connectivity index (χ0v) is 16.1. The Kier molecular flexibility index (Phi) is 4.78. The molecule has 2 aromatic rings. The van der Waals surface area contributed by atoms with Gasteiger partial charge in [-0.05, 0) is 38.4 Å². The summed E-state index contributed by atoms with van der Waals surface area (Å²) in [6.07, 6.45) is 5.48. The summed E-state index contributed by atoms with van der Waals surface area (Å²) >= 11 is 0. The molecule has 3 heterocycles. The topological polar surface area (TPSA) is 59.4 Å². The van der Waals surface area contributed by atoms with Gasteiger partial charge >= 0.3 is 0 Å². The van der Waals surface area contributed by atoms with Crippen molar-refractivity contribution in [2.75, 3.05) is 32.8 Å². The molecule has 1 amide bonds. The number of ether oxygens (including phenoxy) is 1. The van der Waals surface area contributed by atoms with Gasteiger partial charge in [-0.25, -0.2) is 0 Å². The maximum absolute atomic E-state index is 13.8. The first kappa shape index (κ1) is 18.2. The predicted octanol–water partition coefficient (Wildman–Crippen LogP) is 1.82. The quantitative estimate of drug-likeness (QED) is 0.898. The highest BCUT2D eigenvalue weighted by molar-refractivity contribution is 5.88. The molecule has 0 spiro atoms. The lowest BCUT2D eigenvalue weighted by Crippen LogP contribution is -2.58. The number of carbonyl (C=O) groups is 1. The van der Waals surface area contributed by atoms with Gasteiger partial charge < -0.3 is 15.0 Å².